The Bertz CT molecular complexity index is 177. The van der Waals surface area contributed by atoms with E-state index in [2.05, 4.69) is 5.32 Å². The summed E-state index contributed by atoms with van der Waals surface area (Å²) in [5.41, 5.74) is 0. The zero-order valence-electron chi connectivity index (χ0n) is 6.42. The largest absolute Gasteiger partial charge is 0.383 e. The molecule has 2 aliphatic rings. The van der Waals surface area contributed by atoms with Crippen molar-refractivity contribution in [3.63, 3.8) is 0 Å². The van der Waals surface area contributed by atoms with Crippen LogP contribution >= 0.6 is 0 Å². The molecule has 0 spiro atoms. The lowest BCUT2D eigenvalue weighted by Gasteiger charge is -2.06. The van der Waals surface area contributed by atoms with Crippen molar-refractivity contribution in [2.45, 2.75) is 37.8 Å². The van der Waals surface area contributed by atoms with Gasteiger partial charge in [-0.15, -0.1) is 0 Å². The number of rotatable bonds is 2. The number of aliphatic hydroxyl groups excluding tert-OH is 1. The van der Waals surface area contributed by atoms with E-state index in [1.54, 1.807) is 0 Å². The summed E-state index contributed by atoms with van der Waals surface area (Å²) in [6.45, 7) is 0. The molecule has 1 amide bonds. The molecule has 0 radical (unpaired) electrons. The lowest BCUT2D eigenvalue weighted by molar-refractivity contribution is -0.126. The molecule has 0 aromatic rings. The van der Waals surface area contributed by atoms with E-state index in [9.17, 15) is 4.79 Å². The zero-order chi connectivity index (χ0) is 7.84. The predicted molar refractivity (Wildman–Crippen MR) is 39.9 cm³/mol. The highest BCUT2D eigenvalue weighted by Crippen LogP contribution is 2.35. The Morgan fingerprint density at radius 2 is 2.27 bits per heavy atom. The van der Waals surface area contributed by atoms with Crippen molar-refractivity contribution in [3.05, 3.63) is 0 Å². The maximum atomic E-state index is 10.8. The quantitative estimate of drug-likeness (QED) is 0.591. The topological polar surface area (TPSA) is 49.3 Å². The van der Waals surface area contributed by atoms with E-state index in [0.29, 0.717) is 6.42 Å². The van der Waals surface area contributed by atoms with Crippen molar-refractivity contribution in [3.8, 4) is 0 Å². The zero-order valence-corrected chi connectivity index (χ0v) is 6.42. The summed E-state index contributed by atoms with van der Waals surface area (Å²) in [5.74, 6) is 0.640. The molecule has 62 valence electrons. The van der Waals surface area contributed by atoms with Gasteiger partial charge < -0.3 is 10.4 Å². The van der Waals surface area contributed by atoms with Crippen LogP contribution in [0, 0.1) is 5.92 Å². The summed E-state index contributed by atoms with van der Waals surface area (Å²) in [6, 6.07) is 0.255. The van der Waals surface area contributed by atoms with E-state index in [4.69, 9.17) is 5.11 Å². The summed E-state index contributed by atoms with van der Waals surface area (Å²) in [4.78, 5) is 10.8. The lowest BCUT2D eigenvalue weighted by Crippen LogP contribution is -2.27. The molecule has 1 saturated carbocycles. The Kier molecular flexibility index (Phi) is 1.60. The van der Waals surface area contributed by atoms with Gasteiger partial charge in [-0.25, -0.2) is 0 Å². The fraction of sp³-hybridized carbons (Fsp3) is 0.875. The minimum atomic E-state index is -0.737. The third-order valence-electron chi connectivity index (χ3n) is 2.47. The highest BCUT2D eigenvalue weighted by molar-refractivity contribution is 5.83. The molecule has 3 heteroatoms. The molecule has 11 heavy (non-hydrogen) atoms. The van der Waals surface area contributed by atoms with Gasteiger partial charge in [0.25, 0.3) is 0 Å². The van der Waals surface area contributed by atoms with Crippen molar-refractivity contribution >= 4 is 5.91 Å². The summed E-state index contributed by atoms with van der Waals surface area (Å²) in [6.07, 6.45) is 3.57. The molecule has 1 heterocycles. The molecule has 3 nitrogen and oxygen atoms in total. The molecule has 2 N–H and O–H groups in total. The number of hydrogen-bond acceptors (Lipinski definition) is 2. The van der Waals surface area contributed by atoms with Crippen molar-refractivity contribution in [1.29, 1.82) is 0 Å². The van der Waals surface area contributed by atoms with E-state index in [0.717, 1.165) is 12.3 Å². The fourth-order valence-electron chi connectivity index (χ4n) is 1.64. The van der Waals surface area contributed by atoms with Crippen LogP contribution in [-0.2, 0) is 4.79 Å². The van der Waals surface area contributed by atoms with Gasteiger partial charge in [0.15, 0.2) is 0 Å². The van der Waals surface area contributed by atoms with Crippen LogP contribution in [0.5, 0.6) is 0 Å². The summed E-state index contributed by atoms with van der Waals surface area (Å²) in [5, 5.41) is 11.9. The number of carbonyl (C=O) groups is 1. The Morgan fingerprint density at radius 1 is 1.55 bits per heavy atom. The molecular weight excluding hydrogens is 142 g/mol. The van der Waals surface area contributed by atoms with Crippen LogP contribution in [0.1, 0.15) is 25.7 Å². The highest BCUT2D eigenvalue weighted by atomic mass is 16.3. The third kappa shape index (κ3) is 1.53. The minimum absolute atomic E-state index is 0.185. The molecule has 0 aromatic heterocycles. The van der Waals surface area contributed by atoms with E-state index in [-0.39, 0.29) is 11.9 Å². The van der Waals surface area contributed by atoms with Gasteiger partial charge in [-0.1, -0.05) is 12.8 Å². The molecule has 0 aromatic carbocycles. The Morgan fingerprint density at radius 3 is 2.73 bits per heavy atom. The normalized spacial score (nSPS) is 37.4. The highest BCUT2D eigenvalue weighted by Gasteiger charge is 2.34. The summed E-state index contributed by atoms with van der Waals surface area (Å²) < 4.78 is 0. The van der Waals surface area contributed by atoms with Crippen molar-refractivity contribution < 1.29 is 9.90 Å². The van der Waals surface area contributed by atoms with Crippen molar-refractivity contribution in [2.75, 3.05) is 0 Å². The first-order valence-corrected chi connectivity index (χ1v) is 4.24. The summed E-state index contributed by atoms with van der Waals surface area (Å²) in [7, 11) is 0. The Balaban J connectivity index is 1.82. The SMILES string of the molecule is O=C1NC(CC2CC2)CC1O. The molecule has 0 bridgehead atoms. The van der Waals surface area contributed by atoms with Gasteiger partial charge >= 0.3 is 0 Å². The Hall–Kier alpha value is -0.570. The van der Waals surface area contributed by atoms with Gasteiger partial charge in [-0.05, 0) is 12.3 Å². The van der Waals surface area contributed by atoms with Gasteiger partial charge in [0.2, 0.25) is 5.91 Å². The van der Waals surface area contributed by atoms with Crippen LogP contribution in [0.4, 0.5) is 0 Å². The van der Waals surface area contributed by atoms with Gasteiger partial charge in [-0.2, -0.15) is 0 Å². The monoisotopic (exact) mass is 155 g/mol. The van der Waals surface area contributed by atoms with Crippen LogP contribution < -0.4 is 5.32 Å². The maximum absolute atomic E-state index is 10.8. The third-order valence-corrected chi connectivity index (χ3v) is 2.47. The van der Waals surface area contributed by atoms with Gasteiger partial charge in [0, 0.05) is 12.5 Å². The minimum Gasteiger partial charge on any atom is -0.383 e. The molecule has 1 aliphatic carbocycles. The first-order chi connectivity index (χ1) is 5.25. The lowest BCUT2D eigenvalue weighted by atomic mass is 10.1. The first-order valence-electron chi connectivity index (χ1n) is 4.24. The molecular formula is C8H13NO2. The van der Waals surface area contributed by atoms with E-state index in [1.165, 1.54) is 12.8 Å². The molecule has 2 atom stereocenters. The smallest absolute Gasteiger partial charge is 0.249 e. The van der Waals surface area contributed by atoms with Gasteiger partial charge in [0.05, 0.1) is 0 Å². The van der Waals surface area contributed by atoms with E-state index in [1.807, 2.05) is 0 Å². The van der Waals surface area contributed by atoms with Crippen LogP contribution in [0.2, 0.25) is 0 Å². The average Bonchev–Trinajstić information content (AvgIpc) is 2.65. The number of amides is 1. The van der Waals surface area contributed by atoms with Gasteiger partial charge in [-0.3, -0.25) is 4.79 Å². The standard InChI is InChI=1S/C8H13NO2/c10-7-4-6(9-8(7)11)3-5-1-2-5/h5-7,10H,1-4H2,(H,9,11). The molecule has 2 unspecified atom stereocenters. The number of carbonyl (C=O) groups excluding carboxylic acids is 1. The first kappa shape index (κ1) is 7.10. The number of nitrogens with one attached hydrogen (secondary N) is 1. The second-order valence-corrected chi connectivity index (χ2v) is 3.64. The maximum Gasteiger partial charge on any atom is 0.249 e. The predicted octanol–water partition coefficient (Wildman–Crippen LogP) is 0.0359. The van der Waals surface area contributed by atoms with Crippen LogP contribution in [0.3, 0.4) is 0 Å². The van der Waals surface area contributed by atoms with Crippen LogP contribution in [0.25, 0.3) is 0 Å². The van der Waals surface area contributed by atoms with Gasteiger partial charge in [0.1, 0.15) is 6.10 Å². The second-order valence-electron chi connectivity index (χ2n) is 3.64. The van der Waals surface area contributed by atoms with E-state index >= 15 is 0 Å². The van der Waals surface area contributed by atoms with E-state index < -0.39 is 6.10 Å². The molecule has 1 saturated heterocycles. The molecule has 2 rings (SSSR count). The molecule has 2 fully saturated rings. The summed E-state index contributed by atoms with van der Waals surface area (Å²) >= 11 is 0. The van der Waals surface area contributed by atoms with Crippen LogP contribution in [0.15, 0.2) is 0 Å². The second kappa shape index (κ2) is 2.48. The van der Waals surface area contributed by atoms with Crippen LogP contribution in [-0.4, -0.2) is 23.2 Å². The molecule has 1 aliphatic heterocycles. The average molecular weight is 155 g/mol. The number of hydrogen-bond donors (Lipinski definition) is 2. The van der Waals surface area contributed by atoms with Crippen molar-refractivity contribution in [1.82, 2.24) is 5.32 Å². The fourth-order valence-corrected chi connectivity index (χ4v) is 1.64. The van der Waals surface area contributed by atoms with Crippen molar-refractivity contribution in [2.24, 2.45) is 5.92 Å². The number of aliphatic hydroxyl groups is 1. The Labute approximate surface area is 65.8 Å².